The molecule has 0 spiro atoms. The smallest absolute Gasteiger partial charge is 0.157 e. The third kappa shape index (κ3) is 3.31. The van der Waals surface area contributed by atoms with Crippen LogP contribution >= 0.6 is 0 Å². The van der Waals surface area contributed by atoms with Crippen LogP contribution in [0.2, 0.25) is 0 Å². The lowest BCUT2D eigenvalue weighted by Gasteiger charge is -2.04. The molecule has 92 valence electrons. The van der Waals surface area contributed by atoms with Gasteiger partial charge in [0.25, 0.3) is 0 Å². The van der Waals surface area contributed by atoms with Gasteiger partial charge in [0.2, 0.25) is 0 Å². The molecule has 0 aliphatic heterocycles. The van der Waals surface area contributed by atoms with Crippen molar-refractivity contribution in [1.29, 1.82) is 0 Å². The van der Waals surface area contributed by atoms with Gasteiger partial charge in [-0.15, -0.1) is 0 Å². The summed E-state index contributed by atoms with van der Waals surface area (Å²) >= 11 is 0. The van der Waals surface area contributed by atoms with Gasteiger partial charge in [0.1, 0.15) is 0 Å². The monoisotopic (exact) mass is 245 g/mol. The minimum absolute atomic E-state index is 0.0311. The Morgan fingerprint density at radius 2 is 2.12 bits per heavy atom. The van der Waals surface area contributed by atoms with Gasteiger partial charge in [0.15, 0.2) is 9.84 Å². The first-order valence-electron chi connectivity index (χ1n) is 5.48. The van der Waals surface area contributed by atoms with Crippen molar-refractivity contribution in [1.82, 2.24) is 9.78 Å². The minimum Gasteiger partial charge on any atom is -0.329 e. The van der Waals surface area contributed by atoms with Crippen LogP contribution in [0.4, 0.5) is 0 Å². The summed E-state index contributed by atoms with van der Waals surface area (Å²) in [6.07, 6.45) is 0.816. The molecule has 0 fully saturated rings. The molecule has 16 heavy (non-hydrogen) atoms. The minimum atomic E-state index is -3.10. The molecular formula is C10H19N3O2S. The number of sulfone groups is 1. The Hall–Kier alpha value is -0.880. The van der Waals surface area contributed by atoms with Crippen LogP contribution in [0.1, 0.15) is 25.2 Å². The van der Waals surface area contributed by atoms with Crippen LogP contribution in [-0.4, -0.2) is 30.5 Å². The normalized spacial score (nSPS) is 11.9. The number of nitrogens with zero attached hydrogens (tertiary/aromatic N) is 2. The zero-order valence-electron chi connectivity index (χ0n) is 9.81. The van der Waals surface area contributed by atoms with Crippen molar-refractivity contribution >= 4 is 9.84 Å². The summed E-state index contributed by atoms with van der Waals surface area (Å²) in [5.74, 6) is 0.0639. The summed E-state index contributed by atoms with van der Waals surface area (Å²) in [4.78, 5) is 0. The molecule has 0 saturated heterocycles. The second kappa shape index (κ2) is 5.45. The van der Waals surface area contributed by atoms with Crippen molar-refractivity contribution in [2.24, 2.45) is 5.73 Å². The van der Waals surface area contributed by atoms with Crippen molar-refractivity contribution < 1.29 is 8.42 Å². The van der Waals surface area contributed by atoms with E-state index in [1.54, 1.807) is 4.68 Å². The molecule has 1 heterocycles. The quantitative estimate of drug-likeness (QED) is 0.784. The summed E-state index contributed by atoms with van der Waals surface area (Å²) < 4.78 is 25.0. The average Bonchev–Trinajstić information content (AvgIpc) is 2.59. The largest absolute Gasteiger partial charge is 0.329 e. The predicted octanol–water partition coefficient (Wildman–Crippen LogP) is 0.339. The summed E-state index contributed by atoms with van der Waals surface area (Å²) in [6, 6.07) is 1.86. The summed E-state index contributed by atoms with van der Waals surface area (Å²) in [6.45, 7) is 4.81. The van der Waals surface area contributed by atoms with Crippen molar-refractivity contribution in [2.75, 3.05) is 12.3 Å². The molecule has 0 unspecified atom stereocenters. The van der Waals surface area contributed by atoms with Crippen LogP contribution in [0.3, 0.4) is 0 Å². The lowest BCUT2D eigenvalue weighted by Crippen LogP contribution is -2.18. The first-order chi connectivity index (χ1) is 7.52. The van der Waals surface area contributed by atoms with Gasteiger partial charge < -0.3 is 5.73 Å². The Kier molecular flexibility index (Phi) is 4.49. The van der Waals surface area contributed by atoms with E-state index in [1.807, 2.05) is 19.9 Å². The van der Waals surface area contributed by atoms with Crippen LogP contribution < -0.4 is 5.73 Å². The third-order valence-corrected chi connectivity index (χ3v) is 3.97. The number of hydrogen-bond donors (Lipinski definition) is 1. The van der Waals surface area contributed by atoms with E-state index in [2.05, 4.69) is 5.10 Å². The predicted molar refractivity (Wildman–Crippen MR) is 63.8 cm³/mol. The number of aromatic nitrogens is 2. The Bertz CT molecular complexity index is 437. The lowest BCUT2D eigenvalue weighted by atomic mass is 10.3. The summed E-state index contributed by atoms with van der Waals surface area (Å²) in [5.41, 5.74) is 6.96. The van der Waals surface area contributed by atoms with Gasteiger partial charge in [-0.3, -0.25) is 4.68 Å². The maximum Gasteiger partial charge on any atom is 0.157 e. The molecule has 6 heteroatoms. The lowest BCUT2D eigenvalue weighted by molar-refractivity contribution is 0.585. The SMILES string of the molecule is CCc1cc(CS(=O)(=O)CCN)n(CC)n1. The summed E-state index contributed by atoms with van der Waals surface area (Å²) in [7, 11) is -3.10. The summed E-state index contributed by atoms with van der Waals surface area (Å²) in [5, 5.41) is 4.31. The first kappa shape index (κ1) is 13.2. The van der Waals surface area contributed by atoms with E-state index in [1.165, 1.54) is 0 Å². The molecule has 0 atom stereocenters. The van der Waals surface area contributed by atoms with Crippen LogP contribution in [0.5, 0.6) is 0 Å². The maximum atomic E-state index is 11.6. The fourth-order valence-corrected chi connectivity index (χ4v) is 2.74. The highest BCUT2D eigenvalue weighted by molar-refractivity contribution is 7.90. The van der Waals surface area contributed by atoms with Crippen molar-refractivity contribution in [3.05, 3.63) is 17.5 Å². The van der Waals surface area contributed by atoms with E-state index < -0.39 is 9.84 Å². The second-order valence-electron chi connectivity index (χ2n) is 3.68. The average molecular weight is 245 g/mol. The molecule has 1 rings (SSSR count). The van der Waals surface area contributed by atoms with E-state index in [9.17, 15) is 8.42 Å². The highest BCUT2D eigenvalue weighted by Gasteiger charge is 2.15. The Morgan fingerprint density at radius 3 is 2.62 bits per heavy atom. The van der Waals surface area contributed by atoms with Gasteiger partial charge in [0.05, 0.1) is 22.9 Å². The van der Waals surface area contributed by atoms with E-state index in [-0.39, 0.29) is 18.1 Å². The third-order valence-electron chi connectivity index (χ3n) is 2.37. The molecule has 0 aromatic carbocycles. The van der Waals surface area contributed by atoms with E-state index >= 15 is 0 Å². The fraction of sp³-hybridized carbons (Fsp3) is 0.700. The Labute approximate surface area is 96.6 Å². The van der Waals surface area contributed by atoms with Gasteiger partial charge in [-0.2, -0.15) is 5.10 Å². The second-order valence-corrected chi connectivity index (χ2v) is 5.86. The molecule has 1 aromatic rings. The van der Waals surface area contributed by atoms with Crippen molar-refractivity contribution in [2.45, 2.75) is 32.6 Å². The maximum absolute atomic E-state index is 11.6. The van der Waals surface area contributed by atoms with Gasteiger partial charge >= 0.3 is 0 Å². The van der Waals surface area contributed by atoms with Crippen molar-refractivity contribution in [3.8, 4) is 0 Å². The number of nitrogens with two attached hydrogens (primary N) is 1. The molecule has 0 radical (unpaired) electrons. The molecule has 5 nitrogen and oxygen atoms in total. The van der Waals surface area contributed by atoms with Gasteiger partial charge in [0, 0.05) is 13.1 Å². The Morgan fingerprint density at radius 1 is 1.44 bits per heavy atom. The number of aryl methyl sites for hydroxylation is 2. The molecule has 0 aliphatic carbocycles. The van der Waals surface area contributed by atoms with Gasteiger partial charge in [-0.1, -0.05) is 6.92 Å². The Balaban J connectivity index is 2.91. The van der Waals surface area contributed by atoms with Gasteiger partial charge in [-0.25, -0.2) is 8.42 Å². The van der Waals surface area contributed by atoms with Crippen LogP contribution in [-0.2, 0) is 28.6 Å². The molecule has 0 amide bonds. The molecular weight excluding hydrogens is 226 g/mol. The van der Waals surface area contributed by atoms with Gasteiger partial charge in [-0.05, 0) is 19.4 Å². The van der Waals surface area contributed by atoms with Crippen molar-refractivity contribution in [3.63, 3.8) is 0 Å². The molecule has 2 N–H and O–H groups in total. The zero-order valence-corrected chi connectivity index (χ0v) is 10.6. The molecule has 1 aromatic heterocycles. The van der Waals surface area contributed by atoms with Crippen LogP contribution in [0.15, 0.2) is 6.07 Å². The number of hydrogen-bond acceptors (Lipinski definition) is 4. The van der Waals surface area contributed by atoms with E-state index in [0.717, 1.165) is 17.8 Å². The fourth-order valence-electron chi connectivity index (χ4n) is 1.55. The van der Waals surface area contributed by atoms with E-state index in [4.69, 9.17) is 5.73 Å². The molecule has 0 aliphatic rings. The highest BCUT2D eigenvalue weighted by Crippen LogP contribution is 2.10. The standard InChI is InChI=1S/C10H19N3O2S/c1-3-9-7-10(13(4-2)12-9)8-16(14,15)6-5-11/h7H,3-6,8,11H2,1-2H3. The topological polar surface area (TPSA) is 78.0 Å². The molecule has 0 bridgehead atoms. The molecule has 0 saturated carbocycles. The van der Waals surface area contributed by atoms with Crippen LogP contribution in [0.25, 0.3) is 0 Å². The zero-order chi connectivity index (χ0) is 12.2. The van der Waals surface area contributed by atoms with E-state index in [0.29, 0.717) is 6.54 Å². The first-order valence-corrected chi connectivity index (χ1v) is 7.30. The number of rotatable bonds is 6. The van der Waals surface area contributed by atoms with Crippen LogP contribution in [0, 0.1) is 0 Å². The highest BCUT2D eigenvalue weighted by atomic mass is 32.2.